The van der Waals surface area contributed by atoms with Crippen LogP contribution in [0.5, 0.6) is 0 Å². The number of nitrogens with one attached hydrogen (secondary N) is 1. The summed E-state index contributed by atoms with van der Waals surface area (Å²) in [5, 5.41) is 3.26. The molecule has 0 heterocycles. The minimum absolute atomic E-state index is 0.0658. The molecule has 0 saturated heterocycles. The first-order valence-electron chi connectivity index (χ1n) is 7.83. The molecule has 0 aliphatic carbocycles. The Kier molecular flexibility index (Phi) is 7.54. The molecule has 0 aliphatic heterocycles. The third-order valence-corrected chi connectivity index (χ3v) is 3.03. The standard InChI is InChI=1S/C17H28N4O2/c1-17(2,3)23-15(22)14(10-7-11-20-16(18)19)21-12-13-8-5-4-6-9-13/h4-6,8-9,14,21H,7,10-12H2,1-3H3,(H4,18,19,20)/t14-/m0/s1. The van der Waals surface area contributed by atoms with E-state index in [1.165, 1.54) is 0 Å². The van der Waals surface area contributed by atoms with Crippen molar-refractivity contribution in [3.05, 3.63) is 35.9 Å². The number of hydrogen-bond donors (Lipinski definition) is 3. The van der Waals surface area contributed by atoms with Gasteiger partial charge in [-0.25, -0.2) is 0 Å². The fourth-order valence-corrected chi connectivity index (χ4v) is 2.02. The Hall–Kier alpha value is -2.08. The summed E-state index contributed by atoms with van der Waals surface area (Å²) in [6.07, 6.45) is 1.31. The first-order chi connectivity index (χ1) is 10.8. The van der Waals surface area contributed by atoms with Gasteiger partial charge in [0.15, 0.2) is 5.96 Å². The number of carbonyl (C=O) groups is 1. The number of nitrogens with zero attached hydrogens (tertiary/aromatic N) is 1. The SMILES string of the molecule is CC(C)(C)OC(=O)[C@H](CCCN=C(N)N)NCc1ccccc1. The van der Waals surface area contributed by atoms with Crippen molar-refractivity contribution >= 4 is 11.9 Å². The zero-order valence-corrected chi connectivity index (χ0v) is 14.2. The van der Waals surface area contributed by atoms with Gasteiger partial charge in [0.25, 0.3) is 0 Å². The van der Waals surface area contributed by atoms with Crippen LogP contribution < -0.4 is 16.8 Å². The summed E-state index contributed by atoms with van der Waals surface area (Å²) in [5.41, 5.74) is 11.2. The number of hydrogen-bond acceptors (Lipinski definition) is 4. The molecule has 1 rings (SSSR count). The van der Waals surface area contributed by atoms with Crippen molar-refractivity contribution < 1.29 is 9.53 Å². The highest BCUT2D eigenvalue weighted by Gasteiger charge is 2.24. The minimum atomic E-state index is -0.510. The van der Waals surface area contributed by atoms with Gasteiger partial charge in [-0.15, -0.1) is 0 Å². The average Bonchev–Trinajstić information content (AvgIpc) is 2.45. The molecular weight excluding hydrogens is 292 g/mol. The van der Waals surface area contributed by atoms with Crippen LogP contribution in [0.15, 0.2) is 35.3 Å². The quantitative estimate of drug-likeness (QED) is 0.292. The Morgan fingerprint density at radius 3 is 2.48 bits per heavy atom. The molecule has 128 valence electrons. The topological polar surface area (TPSA) is 103 Å². The molecule has 5 N–H and O–H groups in total. The lowest BCUT2D eigenvalue weighted by atomic mass is 10.1. The minimum Gasteiger partial charge on any atom is -0.459 e. The van der Waals surface area contributed by atoms with E-state index in [9.17, 15) is 4.79 Å². The van der Waals surface area contributed by atoms with Gasteiger partial charge in [-0.05, 0) is 39.2 Å². The van der Waals surface area contributed by atoms with E-state index in [4.69, 9.17) is 16.2 Å². The van der Waals surface area contributed by atoms with E-state index in [0.717, 1.165) is 5.56 Å². The van der Waals surface area contributed by atoms with E-state index in [2.05, 4.69) is 10.3 Å². The van der Waals surface area contributed by atoms with Crippen LogP contribution in [0.1, 0.15) is 39.2 Å². The van der Waals surface area contributed by atoms with Gasteiger partial charge in [-0.1, -0.05) is 30.3 Å². The molecule has 1 atom stereocenters. The van der Waals surface area contributed by atoms with Gasteiger partial charge >= 0.3 is 5.97 Å². The maximum Gasteiger partial charge on any atom is 0.323 e. The molecule has 0 aliphatic rings. The van der Waals surface area contributed by atoms with Gasteiger partial charge in [0.1, 0.15) is 11.6 Å². The summed E-state index contributed by atoms with van der Waals surface area (Å²) in [4.78, 5) is 16.3. The van der Waals surface area contributed by atoms with Crippen molar-refractivity contribution in [3.8, 4) is 0 Å². The molecule has 0 saturated carbocycles. The number of nitrogens with two attached hydrogens (primary N) is 2. The molecule has 1 aromatic rings. The first-order valence-corrected chi connectivity index (χ1v) is 7.83. The maximum absolute atomic E-state index is 12.3. The zero-order chi connectivity index (χ0) is 17.3. The van der Waals surface area contributed by atoms with E-state index in [0.29, 0.717) is 25.9 Å². The van der Waals surface area contributed by atoms with Crippen LogP contribution in [0, 0.1) is 0 Å². The summed E-state index contributed by atoms with van der Waals surface area (Å²) in [6.45, 7) is 6.68. The number of ether oxygens (including phenoxy) is 1. The summed E-state index contributed by atoms with van der Waals surface area (Å²) < 4.78 is 5.48. The van der Waals surface area contributed by atoms with Gasteiger partial charge in [0, 0.05) is 13.1 Å². The Morgan fingerprint density at radius 2 is 1.91 bits per heavy atom. The monoisotopic (exact) mass is 320 g/mol. The van der Waals surface area contributed by atoms with Gasteiger partial charge in [-0.2, -0.15) is 0 Å². The summed E-state index contributed by atoms with van der Waals surface area (Å²) in [6, 6.07) is 9.54. The largest absolute Gasteiger partial charge is 0.459 e. The lowest BCUT2D eigenvalue weighted by Crippen LogP contribution is -2.41. The van der Waals surface area contributed by atoms with E-state index in [1.807, 2.05) is 51.1 Å². The summed E-state index contributed by atoms with van der Waals surface area (Å²) in [7, 11) is 0. The molecule has 6 nitrogen and oxygen atoms in total. The van der Waals surface area contributed by atoms with Crippen LogP contribution in [-0.2, 0) is 16.1 Å². The fraction of sp³-hybridized carbons (Fsp3) is 0.529. The van der Waals surface area contributed by atoms with E-state index < -0.39 is 5.60 Å². The molecule has 1 aromatic carbocycles. The van der Waals surface area contributed by atoms with Crippen LogP contribution in [0.4, 0.5) is 0 Å². The number of carbonyl (C=O) groups excluding carboxylic acids is 1. The Labute approximate surface area is 138 Å². The van der Waals surface area contributed by atoms with Crippen LogP contribution in [0.2, 0.25) is 0 Å². The Morgan fingerprint density at radius 1 is 1.26 bits per heavy atom. The van der Waals surface area contributed by atoms with Crippen LogP contribution >= 0.6 is 0 Å². The number of rotatable bonds is 8. The lowest BCUT2D eigenvalue weighted by molar-refractivity contribution is -0.157. The van der Waals surface area contributed by atoms with E-state index >= 15 is 0 Å². The Bertz CT molecular complexity index is 505. The highest BCUT2D eigenvalue weighted by Crippen LogP contribution is 2.11. The predicted molar refractivity (Wildman–Crippen MR) is 92.8 cm³/mol. The van der Waals surface area contributed by atoms with Crippen LogP contribution in [-0.4, -0.2) is 30.1 Å². The van der Waals surface area contributed by atoms with Gasteiger partial charge in [0.2, 0.25) is 0 Å². The molecule has 0 unspecified atom stereocenters. The van der Waals surface area contributed by atoms with Crippen LogP contribution in [0.25, 0.3) is 0 Å². The van der Waals surface area contributed by atoms with Crippen molar-refractivity contribution in [3.63, 3.8) is 0 Å². The van der Waals surface area contributed by atoms with E-state index in [-0.39, 0.29) is 18.0 Å². The van der Waals surface area contributed by atoms with Gasteiger partial charge < -0.3 is 21.5 Å². The molecule has 0 radical (unpaired) electrons. The Balaban J connectivity index is 2.59. The predicted octanol–water partition coefficient (Wildman–Crippen LogP) is 1.54. The van der Waals surface area contributed by atoms with Gasteiger partial charge in [-0.3, -0.25) is 9.79 Å². The molecule has 0 bridgehead atoms. The molecular formula is C17H28N4O2. The lowest BCUT2D eigenvalue weighted by Gasteiger charge is -2.24. The van der Waals surface area contributed by atoms with Crippen molar-refractivity contribution in [1.29, 1.82) is 0 Å². The fourth-order valence-electron chi connectivity index (χ4n) is 2.02. The third kappa shape index (κ3) is 8.83. The van der Waals surface area contributed by atoms with Crippen molar-refractivity contribution in [2.75, 3.05) is 6.54 Å². The average molecular weight is 320 g/mol. The molecule has 23 heavy (non-hydrogen) atoms. The van der Waals surface area contributed by atoms with Gasteiger partial charge in [0.05, 0.1) is 0 Å². The van der Waals surface area contributed by atoms with Crippen molar-refractivity contribution in [1.82, 2.24) is 5.32 Å². The maximum atomic E-state index is 12.3. The second kappa shape index (κ2) is 9.15. The van der Waals surface area contributed by atoms with Crippen molar-refractivity contribution in [2.45, 2.75) is 51.8 Å². The number of benzene rings is 1. The molecule has 6 heteroatoms. The second-order valence-corrected chi connectivity index (χ2v) is 6.40. The first kappa shape index (κ1) is 19.0. The number of aliphatic imine (C=N–C) groups is 1. The number of esters is 1. The highest BCUT2D eigenvalue weighted by molar-refractivity contribution is 5.76. The zero-order valence-electron chi connectivity index (χ0n) is 14.2. The molecule has 0 amide bonds. The summed E-state index contributed by atoms with van der Waals surface area (Å²) in [5.74, 6) is -0.186. The molecule has 0 spiro atoms. The van der Waals surface area contributed by atoms with Crippen molar-refractivity contribution in [2.24, 2.45) is 16.5 Å². The normalized spacial score (nSPS) is 12.5. The smallest absolute Gasteiger partial charge is 0.323 e. The molecule has 0 fully saturated rings. The molecule has 0 aromatic heterocycles. The number of guanidine groups is 1. The second-order valence-electron chi connectivity index (χ2n) is 6.40. The van der Waals surface area contributed by atoms with E-state index in [1.54, 1.807) is 0 Å². The third-order valence-electron chi connectivity index (χ3n) is 3.03. The summed E-state index contributed by atoms with van der Waals surface area (Å²) >= 11 is 0. The highest BCUT2D eigenvalue weighted by atomic mass is 16.6. The van der Waals surface area contributed by atoms with Crippen LogP contribution in [0.3, 0.4) is 0 Å².